The molecule has 1 atom stereocenters. The van der Waals surface area contributed by atoms with Crippen molar-refractivity contribution >= 4 is 5.91 Å². The van der Waals surface area contributed by atoms with Crippen LogP contribution in [0.4, 0.5) is 0 Å². The lowest BCUT2D eigenvalue weighted by molar-refractivity contribution is 0.0945. The lowest BCUT2D eigenvalue weighted by Gasteiger charge is -2.07. The number of fused-ring (bicyclic) bond motifs is 1. The largest absolute Gasteiger partial charge is 0.454 e. The molecule has 5 nitrogen and oxygen atoms in total. The molecule has 92 valence electrons. The number of amides is 1. The van der Waals surface area contributed by atoms with E-state index in [1.54, 1.807) is 25.1 Å². The fourth-order valence-electron chi connectivity index (χ4n) is 1.53. The number of hydrogen-bond donors (Lipinski definition) is 2. The van der Waals surface area contributed by atoms with Gasteiger partial charge in [0.05, 0.1) is 6.10 Å². The minimum absolute atomic E-state index is 0.177. The Bertz CT molecular complexity index is 417. The zero-order valence-electron chi connectivity index (χ0n) is 9.60. The van der Waals surface area contributed by atoms with Crippen molar-refractivity contribution in [2.24, 2.45) is 0 Å². The van der Waals surface area contributed by atoms with Crippen LogP contribution in [0.15, 0.2) is 18.2 Å². The predicted molar refractivity (Wildman–Crippen MR) is 61.2 cm³/mol. The summed E-state index contributed by atoms with van der Waals surface area (Å²) in [7, 11) is 0. The Morgan fingerprint density at radius 3 is 3.00 bits per heavy atom. The molecule has 17 heavy (non-hydrogen) atoms. The zero-order valence-corrected chi connectivity index (χ0v) is 9.60. The number of ether oxygens (including phenoxy) is 2. The van der Waals surface area contributed by atoms with Crippen LogP contribution in [0.3, 0.4) is 0 Å². The van der Waals surface area contributed by atoms with Crippen molar-refractivity contribution < 1.29 is 19.4 Å². The maximum atomic E-state index is 11.7. The Hall–Kier alpha value is -1.75. The maximum absolute atomic E-state index is 11.7. The first-order valence-corrected chi connectivity index (χ1v) is 5.53. The second-order valence-corrected chi connectivity index (χ2v) is 3.96. The molecule has 0 bridgehead atoms. The lowest BCUT2D eigenvalue weighted by Crippen LogP contribution is -2.26. The van der Waals surface area contributed by atoms with E-state index in [1.807, 2.05) is 0 Å². The van der Waals surface area contributed by atoms with E-state index >= 15 is 0 Å². The molecule has 0 saturated carbocycles. The molecular formula is C12H15NO4. The van der Waals surface area contributed by atoms with Crippen LogP contribution in [0.1, 0.15) is 23.7 Å². The molecule has 1 aromatic carbocycles. The molecular weight excluding hydrogens is 222 g/mol. The summed E-state index contributed by atoms with van der Waals surface area (Å²) in [5.41, 5.74) is 0.528. The number of hydrogen-bond acceptors (Lipinski definition) is 4. The van der Waals surface area contributed by atoms with E-state index < -0.39 is 6.10 Å². The van der Waals surface area contributed by atoms with Crippen LogP contribution in [-0.2, 0) is 0 Å². The third kappa shape index (κ3) is 2.88. The standard InChI is InChI=1S/C12H15NO4/c1-8(14)4-5-13-12(15)9-2-3-10-11(6-9)17-7-16-10/h2-3,6,8,14H,4-5,7H2,1H3,(H,13,15). The average molecular weight is 237 g/mol. The Morgan fingerprint density at radius 1 is 1.47 bits per heavy atom. The van der Waals surface area contributed by atoms with E-state index in [0.29, 0.717) is 30.0 Å². The van der Waals surface area contributed by atoms with E-state index in [4.69, 9.17) is 14.6 Å². The van der Waals surface area contributed by atoms with Crippen molar-refractivity contribution in [3.05, 3.63) is 23.8 Å². The van der Waals surface area contributed by atoms with E-state index in [0.717, 1.165) is 0 Å². The third-order valence-corrected chi connectivity index (χ3v) is 2.48. The fraction of sp³-hybridized carbons (Fsp3) is 0.417. The molecule has 1 aromatic rings. The van der Waals surface area contributed by atoms with Gasteiger partial charge in [-0.05, 0) is 31.5 Å². The monoisotopic (exact) mass is 237 g/mol. The summed E-state index contributed by atoms with van der Waals surface area (Å²) in [6.45, 7) is 2.33. The fourth-order valence-corrected chi connectivity index (χ4v) is 1.53. The van der Waals surface area contributed by atoms with Crippen LogP contribution in [-0.4, -0.2) is 30.5 Å². The molecule has 2 N–H and O–H groups in total. The lowest BCUT2D eigenvalue weighted by atomic mass is 10.2. The quantitative estimate of drug-likeness (QED) is 0.817. The molecule has 1 unspecified atom stereocenters. The van der Waals surface area contributed by atoms with Crippen LogP contribution in [0, 0.1) is 0 Å². The summed E-state index contributed by atoms with van der Waals surface area (Å²) in [6.07, 6.45) is 0.128. The van der Waals surface area contributed by atoms with Gasteiger partial charge in [0, 0.05) is 12.1 Å². The molecule has 5 heteroatoms. The molecule has 1 aliphatic rings. The van der Waals surface area contributed by atoms with Gasteiger partial charge in [-0.15, -0.1) is 0 Å². The highest BCUT2D eigenvalue weighted by Crippen LogP contribution is 2.32. The van der Waals surface area contributed by atoms with Crippen molar-refractivity contribution in [3.8, 4) is 11.5 Å². The molecule has 0 spiro atoms. The molecule has 0 saturated heterocycles. The van der Waals surface area contributed by atoms with Gasteiger partial charge in [-0.2, -0.15) is 0 Å². The number of benzene rings is 1. The van der Waals surface area contributed by atoms with Crippen molar-refractivity contribution in [1.29, 1.82) is 0 Å². The van der Waals surface area contributed by atoms with Gasteiger partial charge in [0.25, 0.3) is 5.91 Å². The summed E-state index contributed by atoms with van der Waals surface area (Å²) < 4.78 is 10.3. The highest BCUT2D eigenvalue weighted by atomic mass is 16.7. The minimum atomic E-state index is -0.410. The smallest absolute Gasteiger partial charge is 0.251 e. The predicted octanol–water partition coefficient (Wildman–Crippen LogP) is 0.916. The minimum Gasteiger partial charge on any atom is -0.454 e. The summed E-state index contributed by atoms with van der Waals surface area (Å²) in [5.74, 6) is 1.07. The van der Waals surface area contributed by atoms with Crippen LogP contribution in [0.25, 0.3) is 0 Å². The second-order valence-electron chi connectivity index (χ2n) is 3.96. The van der Waals surface area contributed by atoms with Crippen LogP contribution >= 0.6 is 0 Å². The van der Waals surface area contributed by atoms with E-state index in [9.17, 15) is 4.79 Å². The van der Waals surface area contributed by atoms with Crippen LogP contribution < -0.4 is 14.8 Å². The van der Waals surface area contributed by atoms with Gasteiger partial charge in [-0.25, -0.2) is 0 Å². The molecule has 1 heterocycles. The van der Waals surface area contributed by atoms with Gasteiger partial charge < -0.3 is 19.9 Å². The van der Waals surface area contributed by atoms with E-state index in [-0.39, 0.29) is 12.7 Å². The molecule has 0 radical (unpaired) electrons. The molecule has 0 aliphatic carbocycles. The Balaban J connectivity index is 1.95. The Kier molecular flexibility index (Phi) is 3.49. The topological polar surface area (TPSA) is 67.8 Å². The maximum Gasteiger partial charge on any atom is 0.251 e. The van der Waals surface area contributed by atoms with Gasteiger partial charge in [-0.1, -0.05) is 0 Å². The zero-order chi connectivity index (χ0) is 12.3. The SMILES string of the molecule is CC(O)CCNC(=O)c1ccc2c(c1)OCO2. The van der Waals surface area contributed by atoms with Crippen LogP contribution in [0.2, 0.25) is 0 Å². The molecule has 1 aliphatic heterocycles. The summed E-state index contributed by atoms with van der Waals surface area (Å²) in [5, 5.41) is 11.8. The molecule has 1 amide bonds. The summed E-state index contributed by atoms with van der Waals surface area (Å²) >= 11 is 0. The van der Waals surface area contributed by atoms with Gasteiger partial charge in [0.1, 0.15) is 0 Å². The number of carbonyl (C=O) groups excluding carboxylic acids is 1. The first-order valence-electron chi connectivity index (χ1n) is 5.53. The number of aliphatic hydroxyl groups is 1. The van der Waals surface area contributed by atoms with Gasteiger partial charge in [0.15, 0.2) is 11.5 Å². The van der Waals surface area contributed by atoms with Crippen molar-refractivity contribution in [3.63, 3.8) is 0 Å². The normalized spacial score (nSPS) is 14.5. The highest BCUT2D eigenvalue weighted by molar-refractivity contribution is 5.94. The first kappa shape index (κ1) is 11.7. The first-order chi connectivity index (χ1) is 8.16. The Morgan fingerprint density at radius 2 is 2.24 bits per heavy atom. The second kappa shape index (κ2) is 5.05. The molecule has 2 rings (SSSR count). The number of rotatable bonds is 4. The Labute approximate surface area is 99.3 Å². The number of aliphatic hydroxyl groups excluding tert-OH is 1. The number of carbonyl (C=O) groups is 1. The van der Waals surface area contributed by atoms with E-state index in [1.165, 1.54) is 0 Å². The van der Waals surface area contributed by atoms with Gasteiger partial charge in [-0.3, -0.25) is 4.79 Å². The van der Waals surface area contributed by atoms with Gasteiger partial charge in [0.2, 0.25) is 6.79 Å². The van der Waals surface area contributed by atoms with E-state index in [2.05, 4.69) is 5.32 Å². The summed E-state index contributed by atoms with van der Waals surface area (Å²) in [6, 6.07) is 5.05. The molecule has 0 fully saturated rings. The van der Waals surface area contributed by atoms with Crippen LogP contribution in [0.5, 0.6) is 11.5 Å². The third-order valence-electron chi connectivity index (χ3n) is 2.48. The van der Waals surface area contributed by atoms with Crippen molar-refractivity contribution in [2.45, 2.75) is 19.4 Å². The van der Waals surface area contributed by atoms with Gasteiger partial charge >= 0.3 is 0 Å². The molecule has 0 aromatic heterocycles. The highest BCUT2D eigenvalue weighted by Gasteiger charge is 2.15. The summed E-state index contributed by atoms with van der Waals surface area (Å²) in [4.78, 5) is 11.7. The number of nitrogens with one attached hydrogen (secondary N) is 1. The van der Waals surface area contributed by atoms with Crippen molar-refractivity contribution in [1.82, 2.24) is 5.32 Å². The van der Waals surface area contributed by atoms with Crippen molar-refractivity contribution in [2.75, 3.05) is 13.3 Å². The average Bonchev–Trinajstić information content (AvgIpc) is 2.75.